The fourth-order valence-corrected chi connectivity index (χ4v) is 4.20. The van der Waals surface area contributed by atoms with E-state index in [9.17, 15) is 18.5 Å². The molecule has 3 aromatic carbocycles. The Kier molecular flexibility index (Phi) is 10.8. The molecule has 0 unspecified atom stereocenters. The second-order valence-electron chi connectivity index (χ2n) is 7.08. The Morgan fingerprint density at radius 3 is 2.05 bits per heavy atom. The zero-order chi connectivity index (χ0) is 26.0. The third kappa shape index (κ3) is 7.63. The number of aromatic nitrogens is 2. The quantitative estimate of drug-likeness (QED) is 0.101. The van der Waals surface area contributed by atoms with Crippen molar-refractivity contribution in [2.45, 2.75) is 11.8 Å². The summed E-state index contributed by atoms with van der Waals surface area (Å²) < 4.78 is 29.4. The van der Waals surface area contributed by atoms with Crippen molar-refractivity contribution in [1.82, 2.24) is 9.97 Å². The first kappa shape index (κ1) is 29.0. The van der Waals surface area contributed by atoms with Gasteiger partial charge in [0.25, 0.3) is 5.69 Å². The number of nitro groups is 1. The van der Waals surface area contributed by atoms with Crippen LogP contribution < -0.4 is 0 Å². The zero-order valence-corrected chi connectivity index (χ0v) is 21.8. The molecule has 0 radical (unpaired) electrons. The summed E-state index contributed by atoms with van der Waals surface area (Å²) in [7, 11) is -4.04. The van der Waals surface area contributed by atoms with Gasteiger partial charge < -0.3 is 4.72 Å². The number of sulfonamides is 1. The first-order valence-electron chi connectivity index (χ1n) is 10.5. The second-order valence-corrected chi connectivity index (χ2v) is 8.69. The van der Waals surface area contributed by atoms with Crippen molar-refractivity contribution in [1.29, 1.82) is 5.26 Å². The van der Waals surface area contributed by atoms with Gasteiger partial charge in [-0.3, -0.25) is 20.1 Å². The molecule has 0 fully saturated rings. The molecule has 2 aromatic heterocycles. The summed E-state index contributed by atoms with van der Waals surface area (Å²) in [5.74, 6) is 0. The number of nitro benzene ring substituents is 1. The summed E-state index contributed by atoms with van der Waals surface area (Å²) in [5.41, 5.74) is 0.748. The van der Waals surface area contributed by atoms with Crippen LogP contribution in [-0.2, 0) is 30.4 Å². The maximum Gasteiger partial charge on any atom is 0.269 e. The van der Waals surface area contributed by atoms with Crippen LogP contribution in [0.25, 0.3) is 26.4 Å². The molecule has 0 saturated heterocycles. The van der Waals surface area contributed by atoms with Gasteiger partial charge in [-0.15, -0.1) is 5.69 Å². The van der Waals surface area contributed by atoms with E-state index >= 15 is 0 Å². The minimum atomic E-state index is -4.04. The smallest absolute Gasteiger partial charge is 0.269 e. The van der Waals surface area contributed by atoms with Crippen molar-refractivity contribution in [2.75, 3.05) is 0 Å². The number of nitrogens with zero attached hydrogens (tertiary/aromatic N) is 5. The summed E-state index contributed by atoms with van der Waals surface area (Å²) >= 11 is 0. The van der Waals surface area contributed by atoms with Gasteiger partial charge in [0.2, 0.25) is 0 Å². The number of non-ortho nitro benzene ring substituents is 1. The van der Waals surface area contributed by atoms with Crippen molar-refractivity contribution in [3.8, 4) is 6.07 Å². The molecule has 0 N–H and O–H groups in total. The number of fused-ring (bicyclic) bond motifs is 3. The Morgan fingerprint density at radius 1 is 0.865 bits per heavy atom. The van der Waals surface area contributed by atoms with Crippen molar-refractivity contribution >= 4 is 43.1 Å². The van der Waals surface area contributed by atoms with E-state index in [-0.39, 0.29) is 36.7 Å². The van der Waals surface area contributed by atoms with Crippen LogP contribution in [0.2, 0.25) is 0 Å². The van der Waals surface area contributed by atoms with E-state index < -0.39 is 14.9 Å². The molecule has 0 aliphatic rings. The molecule has 9 nitrogen and oxygen atoms in total. The summed E-state index contributed by atoms with van der Waals surface area (Å²) in [6.45, 7) is 1.43. The molecule has 0 amide bonds. The van der Waals surface area contributed by atoms with Gasteiger partial charge in [-0.05, 0) is 41.1 Å². The van der Waals surface area contributed by atoms with E-state index in [0.717, 1.165) is 22.9 Å². The first-order chi connectivity index (χ1) is 17.4. The van der Waals surface area contributed by atoms with Crippen molar-refractivity contribution in [3.05, 3.63) is 118 Å². The van der Waals surface area contributed by atoms with Gasteiger partial charge in [0.05, 0.1) is 21.4 Å². The number of hydrogen-bond donors (Lipinski definition) is 0. The topological polar surface area (TPSA) is 141 Å². The maximum atomic E-state index is 12.7. The normalized spacial score (nSPS) is 9.95. The Hall–Kier alpha value is -4.22. The van der Waals surface area contributed by atoms with Gasteiger partial charge in [-0.1, -0.05) is 42.5 Å². The van der Waals surface area contributed by atoms with Crippen molar-refractivity contribution in [3.63, 3.8) is 0 Å². The van der Waals surface area contributed by atoms with Crippen LogP contribution in [0.3, 0.4) is 0 Å². The van der Waals surface area contributed by atoms with Gasteiger partial charge in [0.1, 0.15) is 10.0 Å². The van der Waals surface area contributed by atoms with E-state index in [1.54, 1.807) is 36.8 Å². The molecular weight excluding hydrogens is 585 g/mol. The predicted molar refractivity (Wildman–Crippen MR) is 138 cm³/mol. The summed E-state index contributed by atoms with van der Waals surface area (Å²) in [6, 6.07) is 24.8. The van der Waals surface area contributed by atoms with Crippen LogP contribution in [0.1, 0.15) is 6.92 Å². The van der Waals surface area contributed by atoms with Crippen LogP contribution in [0.15, 0.2) is 108 Å². The van der Waals surface area contributed by atoms with Gasteiger partial charge in [-0.25, -0.2) is 8.42 Å². The second kappa shape index (κ2) is 13.8. The van der Waals surface area contributed by atoms with Crippen LogP contribution in [0, 0.1) is 21.4 Å². The minimum absolute atomic E-state index is 0. The number of benzene rings is 3. The summed E-state index contributed by atoms with van der Waals surface area (Å²) in [6.07, 6.45) is 5.14. The van der Waals surface area contributed by atoms with Gasteiger partial charge >= 0.3 is 0 Å². The number of nitriles is 1. The molecule has 5 rings (SSSR count). The van der Waals surface area contributed by atoms with Gasteiger partial charge in [0.15, 0.2) is 0 Å². The van der Waals surface area contributed by atoms with E-state index in [4.69, 9.17) is 5.26 Å². The van der Waals surface area contributed by atoms with E-state index in [0.29, 0.717) is 10.9 Å². The van der Waals surface area contributed by atoms with E-state index in [1.807, 2.05) is 48.5 Å². The number of pyridine rings is 2. The third-order valence-corrected chi connectivity index (χ3v) is 6.03. The largest absolute Gasteiger partial charge is 0.572 e. The molecule has 0 saturated carbocycles. The minimum Gasteiger partial charge on any atom is -0.572 e. The molecule has 0 aliphatic carbocycles. The van der Waals surface area contributed by atoms with Crippen LogP contribution in [0.5, 0.6) is 0 Å². The molecule has 5 aromatic rings. The van der Waals surface area contributed by atoms with E-state index in [2.05, 4.69) is 14.7 Å². The zero-order valence-electron chi connectivity index (χ0n) is 19.4. The summed E-state index contributed by atoms with van der Waals surface area (Å²) in [5, 5.41) is 20.4. The monoisotopic (exact) mass is 604 g/mol. The number of rotatable bonds is 4. The number of hydrogen-bond acceptors (Lipinski definition) is 7. The fraction of sp³-hybridized carbons (Fsp3) is 0.0385. The average Bonchev–Trinajstić information content (AvgIpc) is 2.90. The molecule has 11 heteroatoms. The Bertz CT molecular complexity index is 1600. The molecule has 0 atom stereocenters. The standard InChI is InChI=1S/C19H12N3O4S.C5H5N.C2H3N.Pd/c23-22(24)15-8-10-16(11-9-15)27(25,26)21-17-5-1-3-13-6-7-14-4-2-12-20-19(14)18(13)17;1-2-4-6-5-3-1;1-2-3;/h1-12H;1-5H;1H3;/q-1;;;. The predicted octanol–water partition coefficient (Wildman–Crippen LogP) is 6.30. The van der Waals surface area contributed by atoms with Gasteiger partial charge in [0, 0.05) is 63.5 Å². The maximum absolute atomic E-state index is 12.7. The molecule has 2 heterocycles. The van der Waals surface area contributed by atoms with Crippen LogP contribution in [-0.4, -0.2) is 23.3 Å². The van der Waals surface area contributed by atoms with Crippen molar-refractivity contribution in [2.24, 2.45) is 0 Å². The van der Waals surface area contributed by atoms with Crippen molar-refractivity contribution < 1.29 is 33.8 Å². The summed E-state index contributed by atoms with van der Waals surface area (Å²) in [4.78, 5) is 18.2. The molecule has 0 aliphatic heterocycles. The Morgan fingerprint density at radius 2 is 1.49 bits per heavy atom. The van der Waals surface area contributed by atoms with Crippen LogP contribution >= 0.6 is 0 Å². The molecular formula is C26H20N5O4PdS-. The molecule has 190 valence electrons. The Labute approximate surface area is 227 Å². The first-order valence-corrected chi connectivity index (χ1v) is 12.0. The molecule has 0 bridgehead atoms. The fourth-order valence-electron chi connectivity index (χ4n) is 3.21. The van der Waals surface area contributed by atoms with Gasteiger partial charge in [-0.2, -0.15) is 5.26 Å². The van der Waals surface area contributed by atoms with Crippen LogP contribution in [0.4, 0.5) is 11.4 Å². The molecule has 37 heavy (non-hydrogen) atoms. The Balaban J connectivity index is 0.000000412. The third-order valence-electron chi connectivity index (χ3n) is 4.72. The SMILES string of the molecule is CC#N.O=[N+]([O-])c1ccc(S(=O)(=O)[N-]c2cccc3ccc4cccnc4c23)cc1.[Pd].c1ccncc1. The van der Waals surface area contributed by atoms with E-state index in [1.165, 1.54) is 19.1 Å². The average molecular weight is 605 g/mol. The molecule has 0 spiro atoms.